The summed E-state index contributed by atoms with van der Waals surface area (Å²) in [5.74, 6) is 0.986. The zero-order valence-corrected chi connectivity index (χ0v) is 15.5. The van der Waals surface area contributed by atoms with Crippen LogP contribution in [0.4, 0.5) is 0 Å². The molecule has 1 atom stereocenters. The molecule has 5 heteroatoms. The van der Waals surface area contributed by atoms with Crippen molar-refractivity contribution in [3.05, 3.63) is 65.7 Å². The Morgan fingerprint density at radius 2 is 1.96 bits per heavy atom. The minimum absolute atomic E-state index is 0.339. The summed E-state index contributed by atoms with van der Waals surface area (Å²) in [5, 5.41) is 4.48. The summed E-state index contributed by atoms with van der Waals surface area (Å²) >= 11 is 0. The summed E-state index contributed by atoms with van der Waals surface area (Å²) < 4.78 is 7.97. The van der Waals surface area contributed by atoms with E-state index >= 15 is 0 Å². The van der Waals surface area contributed by atoms with Crippen LogP contribution in [0.1, 0.15) is 23.7 Å². The van der Waals surface area contributed by atoms with Gasteiger partial charge in [-0.15, -0.1) is 0 Å². The second kappa shape index (κ2) is 6.92. The van der Waals surface area contributed by atoms with E-state index in [-0.39, 0.29) is 0 Å². The van der Waals surface area contributed by atoms with Gasteiger partial charge in [0, 0.05) is 55.9 Å². The van der Waals surface area contributed by atoms with Crippen LogP contribution in [-0.4, -0.2) is 32.3 Å². The third-order valence-corrected chi connectivity index (χ3v) is 5.04. The molecule has 1 aromatic carbocycles. The van der Waals surface area contributed by atoms with Crippen LogP contribution >= 0.6 is 0 Å². The van der Waals surface area contributed by atoms with Crippen molar-refractivity contribution in [3.8, 4) is 16.9 Å². The highest BCUT2D eigenvalue weighted by Crippen LogP contribution is 2.31. The maximum atomic E-state index is 6.08. The van der Waals surface area contributed by atoms with Crippen LogP contribution in [-0.2, 0) is 20.1 Å². The van der Waals surface area contributed by atoms with Crippen LogP contribution in [0.3, 0.4) is 0 Å². The first-order valence-corrected chi connectivity index (χ1v) is 8.99. The van der Waals surface area contributed by atoms with Gasteiger partial charge in [0.05, 0.1) is 5.69 Å². The van der Waals surface area contributed by atoms with E-state index in [0.717, 1.165) is 24.5 Å². The number of hydrogen-bond donors (Lipinski definition) is 0. The SMILES string of the molecule is Cc1nn(C)cc1CN1Cc2cc(-c3ccncc3)ccc2OC[C@@H]1C. The highest BCUT2D eigenvalue weighted by Gasteiger charge is 2.23. The number of ether oxygens (including phenoxy) is 1. The van der Waals surface area contributed by atoms with Crippen LogP contribution in [0.25, 0.3) is 11.1 Å². The van der Waals surface area contributed by atoms with E-state index in [0.29, 0.717) is 12.6 Å². The van der Waals surface area contributed by atoms with Gasteiger partial charge in [0.2, 0.25) is 0 Å². The third kappa shape index (κ3) is 3.35. The van der Waals surface area contributed by atoms with Crippen molar-refractivity contribution in [2.24, 2.45) is 7.05 Å². The van der Waals surface area contributed by atoms with E-state index in [9.17, 15) is 0 Å². The Bertz CT molecular complexity index is 904. The molecule has 0 saturated heterocycles. The van der Waals surface area contributed by atoms with Crippen LogP contribution in [0.2, 0.25) is 0 Å². The van der Waals surface area contributed by atoms with Crippen LogP contribution in [0.15, 0.2) is 48.9 Å². The molecule has 4 rings (SSSR count). The number of nitrogens with zero attached hydrogens (tertiary/aromatic N) is 4. The van der Waals surface area contributed by atoms with Gasteiger partial charge in [0.25, 0.3) is 0 Å². The van der Waals surface area contributed by atoms with Crippen molar-refractivity contribution in [2.45, 2.75) is 33.0 Å². The molecule has 26 heavy (non-hydrogen) atoms. The van der Waals surface area contributed by atoms with E-state index in [1.54, 1.807) is 0 Å². The Kier molecular flexibility index (Phi) is 4.47. The van der Waals surface area contributed by atoms with Crippen LogP contribution < -0.4 is 4.74 Å². The molecule has 5 nitrogen and oxygen atoms in total. The van der Waals surface area contributed by atoms with Gasteiger partial charge in [-0.3, -0.25) is 14.6 Å². The lowest BCUT2D eigenvalue weighted by Crippen LogP contribution is -2.34. The van der Waals surface area contributed by atoms with E-state index in [1.165, 1.54) is 22.3 Å². The molecular formula is C21H24N4O. The fourth-order valence-electron chi connectivity index (χ4n) is 3.49. The largest absolute Gasteiger partial charge is 0.492 e. The number of hydrogen-bond acceptors (Lipinski definition) is 4. The minimum Gasteiger partial charge on any atom is -0.492 e. The van der Waals surface area contributed by atoms with Crippen molar-refractivity contribution >= 4 is 0 Å². The summed E-state index contributed by atoms with van der Waals surface area (Å²) in [6.45, 7) is 6.74. The molecule has 1 aliphatic heterocycles. The maximum Gasteiger partial charge on any atom is 0.123 e. The number of aromatic nitrogens is 3. The molecule has 0 radical (unpaired) electrons. The Labute approximate surface area is 154 Å². The average molecular weight is 348 g/mol. The van der Waals surface area contributed by atoms with Crippen molar-refractivity contribution < 1.29 is 4.74 Å². The summed E-state index contributed by atoms with van der Waals surface area (Å²) in [4.78, 5) is 6.58. The summed E-state index contributed by atoms with van der Waals surface area (Å²) in [5.41, 5.74) is 5.96. The Morgan fingerprint density at radius 1 is 1.15 bits per heavy atom. The third-order valence-electron chi connectivity index (χ3n) is 5.04. The van der Waals surface area contributed by atoms with Crippen molar-refractivity contribution in [1.82, 2.24) is 19.7 Å². The van der Waals surface area contributed by atoms with Crippen molar-refractivity contribution in [3.63, 3.8) is 0 Å². The molecule has 0 unspecified atom stereocenters. The molecule has 3 aromatic rings. The molecule has 134 valence electrons. The summed E-state index contributed by atoms with van der Waals surface area (Å²) in [6.07, 6.45) is 5.77. The van der Waals surface area contributed by atoms with E-state index in [2.05, 4.69) is 53.2 Å². The van der Waals surface area contributed by atoms with Gasteiger partial charge in [-0.05, 0) is 49.2 Å². The van der Waals surface area contributed by atoms with Crippen LogP contribution in [0, 0.1) is 6.92 Å². The van der Waals surface area contributed by atoms with Gasteiger partial charge in [-0.1, -0.05) is 6.07 Å². The highest BCUT2D eigenvalue weighted by molar-refractivity contribution is 5.65. The molecule has 0 N–H and O–H groups in total. The topological polar surface area (TPSA) is 43.2 Å². The maximum absolute atomic E-state index is 6.08. The fourth-order valence-corrected chi connectivity index (χ4v) is 3.49. The van der Waals surface area contributed by atoms with Gasteiger partial charge in [-0.25, -0.2) is 0 Å². The lowest BCUT2D eigenvalue weighted by atomic mass is 10.0. The van der Waals surface area contributed by atoms with Gasteiger partial charge < -0.3 is 4.74 Å². The fraction of sp³-hybridized carbons (Fsp3) is 0.333. The molecule has 0 fully saturated rings. The monoisotopic (exact) mass is 348 g/mol. The first kappa shape index (κ1) is 16.8. The van der Waals surface area contributed by atoms with Gasteiger partial charge >= 0.3 is 0 Å². The quantitative estimate of drug-likeness (QED) is 0.726. The number of pyridine rings is 1. The highest BCUT2D eigenvalue weighted by atomic mass is 16.5. The van der Waals surface area contributed by atoms with E-state index in [1.807, 2.05) is 36.3 Å². The first-order chi connectivity index (χ1) is 12.6. The Morgan fingerprint density at radius 3 is 2.69 bits per heavy atom. The normalized spacial score (nSPS) is 17.4. The van der Waals surface area contributed by atoms with Crippen molar-refractivity contribution in [1.29, 1.82) is 0 Å². The van der Waals surface area contributed by atoms with Gasteiger partial charge in [0.1, 0.15) is 12.4 Å². The molecule has 0 spiro atoms. The second-order valence-corrected chi connectivity index (χ2v) is 7.04. The molecule has 0 bridgehead atoms. The minimum atomic E-state index is 0.339. The molecular weight excluding hydrogens is 324 g/mol. The zero-order valence-electron chi connectivity index (χ0n) is 15.5. The number of benzene rings is 1. The number of rotatable bonds is 3. The zero-order chi connectivity index (χ0) is 18.1. The molecule has 2 aromatic heterocycles. The van der Waals surface area contributed by atoms with Crippen molar-refractivity contribution in [2.75, 3.05) is 6.61 Å². The lowest BCUT2D eigenvalue weighted by molar-refractivity contribution is 0.151. The van der Waals surface area contributed by atoms with Gasteiger partial charge in [-0.2, -0.15) is 5.10 Å². The van der Waals surface area contributed by atoms with Crippen LogP contribution in [0.5, 0.6) is 5.75 Å². The first-order valence-electron chi connectivity index (χ1n) is 8.99. The molecule has 0 aliphatic carbocycles. The predicted molar refractivity (Wildman–Crippen MR) is 102 cm³/mol. The summed E-state index contributed by atoms with van der Waals surface area (Å²) in [7, 11) is 1.97. The summed E-state index contributed by atoms with van der Waals surface area (Å²) in [6, 6.07) is 10.9. The predicted octanol–water partition coefficient (Wildman–Crippen LogP) is 3.57. The van der Waals surface area contributed by atoms with E-state index < -0.39 is 0 Å². The molecule has 0 saturated carbocycles. The number of fused-ring (bicyclic) bond motifs is 1. The standard InChI is InChI=1S/C21H24N4O/c1-15-14-26-21-5-4-18(17-6-8-22-9-7-17)10-19(21)12-25(15)13-20-11-24(3)23-16(20)2/h4-11,15H,12-14H2,1-3H3/t15-/m0/s1. The average Bonchev–Trinajstić information content (AvgIpc) is 2.88. The Balaban J connectivity index is 1.63. The molecule has 1 aliphatic rings. The second-order valence-electron chi connectivity index (χ2n) is 7.04. The molecule has 3 heterocycles. The number of aryl methyl sites for hydroxylation is 2. The van der Waals surface area contributed by atoms with E-state index in [4.69, 9.17) is 4.74 Å². The smallest absolute Gasteiger partial charge is 0.123 e. The Hall–Kier alpha value is -2.66. The molecule has 0 amide bonds. The van der Waals surface area contributed by atoms with Gasteiger partial charge in [0.15, 0.2) is 0 Å². The lowest BCUT2D eigenvalue weighted by Gasteiger charge is -2.25.